The average Bonchev–Trinajstić information content (AvgIpc) is 2.44. The van der Waals surface area contributed by atoms with Gasteiger partial charge in [-0.05, 0) is 25.5 Å². The molecule has 0 aliphatic heterocycles. The first-order chi connectivity index (χ1) is 9.95. The van der Waals surface area contributed by atoms with Crippen molar-refractivity contribution in [2.24, 2.45) is 0 Å². The van der Waals surface area contributed by atoms with Crippen molar-refractivity contribution in [3.05, 3.63) is 29.8 Å². The topological polar surface area (TPSA) is 108 Å². The Morgan fingerprint density at radius 3 is 2.52 bits per heavy atom. The van der Waals surface area contributed by atoms with Gasteiger partial charge in [-0.25, -0.2) is 9.59 Å². The number of carboxylic acid groups (broad SMARTS) is 1. The van der Waals surface area contributed by atoms with Gasteiger partial charge in [0.15, 0.2) is 0 Å². The minimum absolute atomic E-state index is 0.0178. The zero-order chi connectivity index (χ0) is 15.8. The Balaban J connectivity index is 2.62. The number of carbonyl (C=O) groups is 3. The summed E-state index contributed by atoms with van der Waals surface area (Å²) in [7, 11) is 0. The first kappa shape index (κ1) is 16.5. The highest BCUT2D eigenvalue weighted by Gasteiger charge is 2.16. The van der Waals surface area contributed by atoms with E-state index < -0.39 is 18.0 Å². The van der Waals surface area contributed by atoms with E-state index in [1.165, 1.54) is 12.1 Å². The lowest BCUT2D eigenvalue weighted by atomic mass is 10.2. The molecule has 7 nitrogen and oxygen atoms in total. The molecule has 1 unspecified atom stereocenters. The average molecular weight is 293 g/mol. The fourth-order valence-corrected chi connectivity index (χ4v) is 1.60. The van der Waals surface area contributed by atoms with Crippen LogP contribution < -0.4 is 16.0 Å². The summed E-state index contributed by atoms with van der Waals surface area (Å²) in [6.07, 6.45) is 0.802. The van der Waals surface area contributed by atoms with Crippen LogP contribution in [0.25, 0.3) is 0 Å². The van der Waals surface area contributed by atoms with Gasteiger partial charge in [0.2, 0.25) is 5.91 Å². The van der Waals surface area contributed by atoms with Crippen molar-refractivity contribution in [3.63, 3.8) is 0 Å². The van der Waals surface area contributed by atoms with Gasteiger partial charge in [-0.2, -0.15) is 0 Å². The third kappa shape index (κ3) is 5.13. The van der Waals surface area contributed by atoms with Gasteiger partial charge in [-0.1, -0.05) is 19.1 Å². The van der Waals surface area contributed by atoms with E-state index in [2.05, 4.69) is 16.0 Å². The molecule has 1 aromatic carbocycles. The number of carbonyl (C=O) groups excluding carboxylic acids is 2. The highest BCUT2D eigenvalue weighted by molar-refractivity contribution is 6.00. The molecule has 0 saturated heterocycles. The number of benzene rings is 1. The molecule has 7 heteroatoms. The predicted octanol–water partition coefficient (Wildman–Crippen LogP) is 1.42. The lowest BCUT2D eigenvalue weighted by Gasteiger charge is -2.15. The van der Waals surface area contributed by atoms with Gasteiger partial charge >= 0.3 is 12.0 Å². The molecule has 0 aliphatic carbocycles. The Kier molecular flexibility index (Phi) is 6.19. The van der Waals surface area contributed by atoms with Crippen LogP contribution in [-0.4, -0.2) is 35.6 Å². The van der Waals surface area contributed by atoms with Crippen LogP contribution in [-0.2, 0) is 4.79 Å². The van der Waals surface area contributed by atoms with Crippen molar-refractivity contribution in [3.8, 4) is 0 Å². The maximum Gasteiger partial charge on any atom is 0.337 e. The van der Waals surface area contributed by atoms with Crippen molar-refractivity contribution < 1.29 is 19.5 Å². The predicted molar refractivity (Wildman–Crippen MR) is 78.3 cm³/mol. The maximum absolute atomic E-state index is 11.8. The number of carboxylic acids is 1. The van der Waals surface area contributed by atoms with Crippen LogP contribution in [0.4, 0.5) is 10.5 Å². The van der Waals surface area contributed by atoms with E-state index in [0.717, 1.165) is 6.42 Å². The molecule has 114 valence electrons. The molecule has 1 rings (SSSR count). The standard InChI is InChI=1S/C14H19N3O4/c1-3-8-15-12(18)9(2)16-14(21)17-11-7-5-4-6-10(11)13(19)20/h4-7,9H,3,8H2,1-2H3,(H,15,18)(H,19,20)(H2,16,17,21). The number of amides is 3. The Bertz CT molecular complexity index is 531. The summed E-state index contributed by atoms with van der Waals surface area (Å²) in [5, 5.41) is 16.5. The second-order valence-electron chi connectivity index (χ2n) is 4.46. The van der Waals surface area contributed by atoms with E-state index in [1.54, 1.807) is 19.1 Å². The van der Waals surface area contributed by atoms with Gasteiger partial charge in [0.05, 0.1) is 11.3 Å². The van der Waals surface area contributed by atoms with Crippen molar-refractivity contribution in [1.82, 2.24) is 10.6 Å². The lowest BCUT2D eigenvalue weighted by molar-refractivity contribution is -0.122. The number of urea groups is 1. The Morgan fingerprint density at radius 1 is 1.24 bits per heavy atom. The normalized spacial score (nSPS) is 11.3. The molecule has 0 fully saturated rings. The molecule has 0 aliphatic rings. The molecule has 1 aromatic rings. The van der Waals surface area contributed by atoms with E-state index in [-0.39, 0.29) is 17.2 Å². The first-order valence-corrected chi connectivity index (χ1v) is 6.63. The van der Waals surface area contributed by atoms with Crippen LogP contribution in [0.1, 0.15) is 30.6 Å². The fraction of sp³-hybridized carbons (Fsp3) is 0.357. The summed E-state index contributed by atoms with van der Waals surface area (Å²) in [6.45, 7) is 4.01. The zero-order valence-electron chi connectivity index (χ0n) is 12.0. The number of rotatable bonds is 6. The smallest absolute Gasteiger partial charge is 0.337 e. The van der Waals surface area contributed by atoms with Crippen LogP contribution in [0.15, 0.2) is 24.3 Å². The summed E-state index contributed by atoms with van der Waals surface area (Å²) >= 11 is 0. The fourth-order valence-electron chi connectivity index (χ4n) is 1.60. The van der Waals surface area contributed by atoms with E-state index in [9.17, 15) is 14.4 Å². The van der Waals surface area contributed by atoms with Crippen molar-refractivity contribution in [1.29, 1.82) is 0 Å². The van der Waals surface area contributed by atoms with Gasteiger partial charge in [0.1, 0.15) is 6.04 Å². The first-order valence-electron chi connectivity index (χ1n) is 6.63. The minimum atomic E-state index is -1.14. The highest BCUT2D eigenvalue weighted by atomic mass is 16.4. The second kappa shape index (κ2) is 7.88. The Morgan fingerprint density at radius 2 is 1.90 bits per heavy atom. The largest absolute Gasteiger partial charge is 0.478 e. The van der Waals surface area contributed by atoms with E-state index in [1.807, 2.05) is 6.92 Å². The van der Waals surface area contributed by atoms with Crippen molar-refractivity contribution >= 4 is 23.6 Å². The number of hydrogen-bond donors (Lipinski definition) is 4. The van der Waals surface area contributed by atoms with Gasteiger partial charge in [-0.3, -0.25) is 4.79 Å². The number of para-hydroxylation sites is 1. The third-order valence-electron chi connectivity index (χ3n) is 2.70. The molecule has 0 saturated carbocycles. The molecular formula is C14H19N3O4. The number of anilines is 1. The van der Waals surface area contributed by atoms with Crippen LogP contribution in [0, 0.1) is 0 Å². The summed E-state index contributed by atoms with van der Waals surface area (Å²) in [5.41, 5.74) is 0.152. The number of hydrogen-bond acceptors (Lipinski definition) is 3. The van der Waals surface area contributed by atoms with Gasteiger partial charge in [0.25, 0.3) is 0 Å². The summed E-state index contributed by atoms with van der Waals surface area (Å²) < 4.78 is 0. The Hall–Kier alpha value is -2.57. The molecule has 0 aromatic heterocycles. The summed E-state index contributed by atoms with van der Waals surface area (Å²) in [6, 6.07) is 4.68. The molecule has 0 spiro atoms. The molecule has 4 N–H and O–H groups in total. The van der Waals surface area contributed by atoms with E-state index in [4.69, 9.17) is 5.11 Å². The van der Waals surface area contributed by atoms with Gasteiger partial charge < -0.3 is 21.1 Å². The molecule has 0 radical (unpaired) electrons. The third-order valence-corrected chi connectivity index (χ3v) is 2.70. The van der Waals surface area contributed by atoms with Crippen LogP contribution >= 0.6 is 0 Å². The van der Waals surface area contributed by atoms with Crippen LogP contribution in [0.5, 0.6) is 0 Å². The summed E-state index contributed by atoms with van der Waals surface area (Å²) in [4.78, 5) is 34.4. The molecule has 0 heterocycles. The lowest BCUT2D eigenvalue weighted by Crippen LogP contribution is -2.46. The SMILES string of the molecule is CCCNC(=O)C(C)NC(=O)Nc1ccccc1C(=O)O. The second-order valence-corrected chi connectivity index (χ2v) is 4.46. The van der Waals surface area contributed by atoms with Gasteiger partial charge in [-0.15, -0.1) is 0 Å². The van der Waals surface area contributed by atoms with E-state index >= 15 is 0 Å². The molecule has 21 heavy (non-hydrogen) atoms. The minimum Gasteiger partial charge on any atom is -0.478 e. The van der Waals surface area contributed by atoms with Crippen molar-refractivity contribution in [2.45, 2.75) is 26.3 Å². The Labute approximate surface area is 122 Å². The van der Waals surface area contributed by atoms with E-state index in [0.29, 0.717) is 6.54 Å². The molecule has 1 atom stereocenters. The molecule has 3 amide bonds. The quantitative estimate of drug-likeness (QED) is 0.636. The van der Waals surface area contributed by atoms with Gasteiger partial charge in [0, 0.05) is 6.54 Å². The monoisotopic (exact) mass is 293 g/mol. The maximum atomic E-state index is 11.8. The molecular weight excluding hydrogens is 274 g/mol. The van der Waals surface area contributed by atoms with Crippen LogP contribution in [0.3, 0.4) is 0 Å². The number of nitrogens with one attached hydrogen (secondary N) is 3. The van der Waals surface area contributed by atoms with Crippen LogP contribution in [0.2, 0.25) is 0 Å². The van der Waals surface area contributed by atoms with Crippen molar-refractivity contribution in [2.75, 3.05) is 11.9 Å². The highest BCUT2D eigenvalue weighted by Crippen LogP contribution is 2.14. The molecule has 0 bridgehead atoms. The zero-order valence-corrected chi connectivity index (χ0v) is 12.0. The summed E-state index contributed by atoms with van der Waals surface area (Å²) in [5.74, 6) is -1.43. The number of aromatic carboxylic acids is 1.